The molecule has 0 bridgehead atoms. The van der Waals surface area contributed by atoms with Gasteiger partial charge in [-0.25, -0.2) is 0 Å². The van der Waals surface area contributed by atoms with E-state index in [1.165, 1.54) is 0 Å². The van der Waals surface area contributed by atoms with Crippen LogP contribution in [0.25, 0.3) is 0 Å². The van der Waals surface area contributed by atoms with Gasteiger partial charge in [-0.3, -0.25) is 0 Å². The highest BCUT2D eigenvalue weighted by atomic mass is 79.9. The first-order valence-electron chi connectivity index (χ1n) is 6.03. The van der Waals surface area contributed by atoms with Crippen molar-refractivity contribution in [2.45, 2.75) is 18.9 Å². The lowest BCUT2D eigenvalue weighted by atomic mass is 9.87. The number of benzene rings is 1. The van der Waals surface area contributed by atoms with Crippen LogP contribution >= 0.6 is 15.9 Å². The van der Waals surface area contributed by atoms with Crippen LogP contribution in [0.3, 0.4) is 0 Å². The van der Waals surface area contributed by atoms with Crippen LogP contribution in [0.5, 0.6) is 11.5 Å². The van der Waals surface area contributed by atoms with Gasteiger partial charge in [0.2, 0.25) is 0 Å². The SMILES string of the molecule is COc1cc(Br)c(O)c([C@H](N)C2CCOCC2)c1. The van der Waals surface area contributed by atoms with E-state index in [9.17, 15) is 5.11 Å². The van der Waals surface area contributed by atoms with Crippen LogP contribution in [0.1, 0.15) is 24.4 Å². The van der Waals surface area contributed by atoms with E-state index in [4.69, 9.17) is 15.2 Å². The second-order valence-corrected chi connectivity index (χ2v) is 5.38. The summed E-state index contributed by atoms with van der Waals surface area (Å²) in [5.41, 5.74) is 7.00. The van der Waals surface area contributed by atoms with Gasteiger partial charge in [-0.05, 0) is 46.8 Å². The molecule has 1 aliphatic heterocycles. The zero-order chi connectivity index (χ0) is 13.1. The van der Waals surface area contributed by atoms with E-state index < -0.39 is 0 Å². The topological polar surface area (TPSA) is 64.7 Å². The second kappa shape index (κ2) is 5.91. The average Bonchev–Trinajstić information content (AvgIpc) is 2.42. The van der Waals surface area contributed by atoms with E-state index in [0.717, 1.165) is 31.6 Å². The molecule has 0 aliphatic carbocycles. The monoisotopic (exact) mass is 315 g/mol. The zero-order valence-corrected chi connectivity index (χ0v) is 11.9. The van der Waals surface area contributed by atoms with Crippen molar-refractivity contribution in [3.63, 3.8) is 0 Å². The molecule has 0 radical (unpaired) electrons. The summed E-state index contributed by atoms with van der Waals surface area (Å²) in [5.74, 6) is 1.23. The molecule has 0 amide bonds. The standard InChI is InChI=1S/C13H18BrNO3/c1-17-9-6-10(13(16)11(14)7-9)12(15)8-2-4-18-5-3-8/h6-8,12,16H,2-5,15H2,1H3/t12-/m1/s1. The smallest absolute Gasteiger partial charge is 0.134 e. The number of aromatic hydroxyl groups is 1. The fourth-order valence-electron chi connectivity index (χ4n) is 2.30. The summed E-state index contributed by atoms with van der Waals surface area (Å²) in [5, 5.41) is 10.1. The van der Waals surface area contributed by atoms with Gasteiger partial charge in [0.1, 0.15) is 11.5 Å². The van der Waals surface area contributed by atoms with Crippen LogP contribution in [0, 0.1) is 5.92 Å². The van der Waals surface area contributed by atoms with Gasteiger partial charge in [0, 0.05) is 24.8 Å². The lowest BCUT2D eigenvalue weighted by molar-refractivity contribution is 0.0581. The highest BCUT2D eigenvalue weighted by molar-refractivity contribution is 9.10. The summed E-state index contributed by atoms with van der Waals surface area (Å²) in [6.45, 7) is 1.48. The Morgan fingerprint density at radius 2 is 2.11 bits per heavy atom. The van der Waals surface area contributed by atoms with Crippen LogP contribution in [0.4, 0.5) is 0 Å². The molecule has 18 heavy (non-hydrogen) atoms. The van der Waals surface area contributed by atoms with Gasteiger partial charge in [0.15, 0.2) is 0 Å². The number of phenolic OH excluding ortho intramolecular Hbond substituents is 1. The molecule has 2 rings (SSSR count). The van der Waals surface area contributed by atoms with Crippen molar-refractivity contribution in [1.29, 1.82) is 0 Å². The molecule has 1 atom stereocenters. The molecule has 1 aliphatic rings. The van der Waals surface area contributed by atoms with Gasteiger partial charge < -0.3 is 20.3 Å². The third kappa shape index (κ3) is 2.79. The molecular weight excluding hydrogens is 298 g/mol. The number of nitrogens with two attached hydrogens (primary N) is 1. The average molecular weight is 316 g/mol. The number of hydrogen-bond donors (Lipinski definition) is 2. The van der Waals surface area contributed by atoms with Crippen LogP contribution < -0.4 is 10.5 Å². The quantitative estimate of drug-likeness (QED) is 0.900. The van der Waals surface area contributed by atoms with Crippen LogP contribution in [-0.4, -0.2) is 25.4 Å². The summed E-state index contributed by atoms with van der Waals surface area (Å²) in [7, 11) is 1.60. The van der Waals surface area contributed by atoms with Gasteiger partial charge in [0.05, 0.1) is 11.6 Å². The number of halogens is 1. The first kappa shape index (κ1) is 13.6. The molecule has 1 aromatic rings. The Balaban J connectivity index is 2.27. The number of methoxy groups -OCH3 is 1. The van der Waals surface area contributed by atoms with Crippen molar-refractivity contribution >= 4 is 15.9 Å². The van der Waals surface area contributed by atoms with Crippen molar-refractivity contribution in [1.82, 2.24) is 0 Å². The van der Waals surface area contributed by atoms with Crippen molar-refractivity contribution in [2.24, 2.45) is 11.7 Å². The summed E-state index contributed by atoms with van der Waals surface area (Å²) in [4.78, 5) is 0. The third-order valence-corrected chi connectivity index (χ3v) is 4.04. The Labute approximate surface area is 115 Å². The maximum Gasteiger partial charge on any atom is 0.134 e. The molecule has 1 saturated heterocycles. The first-order valence-corrected chi connectivity index (χ1v) is 6.82. The Kier molecular flexibility index (Phi) is 4.48. The third-order valence-electron chi connectivity index (χ3n) is 3.44. The van der Waals surface area contributed by atoms with E-state index in [1.54, 1.807) is 19.2 Å². The molecule has 1 heterocycles. The normalized spacial score (nSPS) is 18.6. The molecule has 5 heteroatoms. The summed E-state index contributed by atoms with van der Waals surface area (Å²) in [6, 6.07) is 3.34. The van der Waals surface area contributed by atoms with Gasteiger partial charge in [-0.1, -0.05) is 0 Å². The van der Waals surface area contributed by atoms with Crippen LogP contribution in [0.15, 0.2) is 16.6 Å². The maximum absolute atomic E-state index is 10.1. The van der Waals surface area contributed by atoms with Gasteiger partial charge in [-0.15, -0.1) is 0 Å². The van der Waals surface area contributed by atoms with Crippen molar-refractivity contribution < 1.29 is 14.6 Å². The summed E-state index contributed by atoms with van der Waals surface area (Å²) >= 11 is 3.32. The summed E-state index contributed by atoms with van der Waals surface area (Å²) < 4.78 is 11.1. The minimum absolute atomic E-state index is 0.194. The lowest BCUT2D eigenvalue weighted by Crippen LogP contribution is -2.27. The molecule has 0 unspecified atom stereocenters. The Hall–Kier alpha value is -0.780. The Morgan fingerprint density at radius 3 is 2.72 bits per heavy atom. The molecule has 1 aromatic carbocycles. The number of rotatable bonds is 3. The van der Waals surface area contributed by atoms with Crippen molar-refractivity contribution in [3.8, 4) is 11.5 Å². The molecular formula is C13H18BrNO3. The highest BCUT2D eigenvalue weighted by Gasteiger charge is 2.25. The van der Waals surface area contributed by atoms with Crippen molar-refractivity contribution in [3.05, 3.63) is 22.2 Å². The Bertz CT molecular complexity index is 419. The van der Waals surface area contributed by atoms with E-state index in [-0.39, 0.29) is 11.8 Å². The van der Waals surface area contributed by atoms with E-state index >= 15 is 0 Å². The molecule has 1 fully saturated rings. The fraction of sp³-hybridized carbons (Fsp3) is 0.538. The second-order valence-electron chi connectivity index (χ2n) is 4.52. The van der Waals surface area contributed by atoms with Crippen LogP contribution in [-0.2, 0) is 4.74 Å². The van der Waals surface area contributed by atoms with E-state index in [1.807, 2.05) is 0 Å². The fourth-order valence-corrected chi connectivity index (χ4v) is 2.75. The molecule has 3 N–H and O–H groups in total. The predicted molar refractivity (Wildman–Crippen MR) is 72.8 cm³/mol. The van der Waals surface area contributed by atoms with Gasteiger partial charge in [-0.2, -0.15) is 0 Å². The minimum atomic E-state index is -0.194. The van der Waals surface area contributed by atoms with Gasteiger partial charge >= 0.3 is 0 Å². The number of phenols is 1. The number of ether oxygens (including phenoxy) is 2. The zero-order valence-electron chi connectivity index (χ0n) is 10.4. The maximum atomic E-state index is 10.1. The van der Waals surface area contributed by atoms with E-state index in [0.29, 0.717) is 16.1 Å². The lowest BCUT2D eigenvalue weighted by Gasteiger charge is -2.28. The van der Waals surface area contributed by atoms with Crippen molar-refractivity contribution in [2.75, 3.05) is 20.3 Å². The van der Waals surface area contributed by atoms with E-state index in [2.05, 4.69) is 15.9 Å². The molecule has 100 valence electrons. The van der Waals surface area contributed by atoms with Gasteiger partial charge in [0.25, 0.3) is 0 Å². The molecule has 0 spiro atoms. The molecule has 0 saturated carbocycles. The predicted octanol–water partition coefficient (Wildman–Crippen LogP) is 2.59. The Morgan fingerprint density at radius 1 is 1.44 bits per heavy atom. The highest BCUT2D eigenvalue weighted by Crippen LogP contribution is 2.39. The number of hydrogen-bond acceptors (Lipinski definition) is 4. The first-order chi connectivity index (χ1) is 8.63. The molecule has 4 nitrogen and oxygen atoms in total. The van der Waals surface area contributed by atoms with Crippen LogP contribution in [0.2, 0.25) is 0 Å². The minimum Gasteiger partial charge on any atom is -0.506 e. The summed E-state index contributed by atoms with van der Waals surface area (Å²) in [6.07, 6.45) is 1.85. The largest absolute Gasteiger partial charge is 0.506 e. The molecule has 0 aromatic heterocycles.